The summed E-state index contributed by atoms with van der Waals surface area (Å²) in [6, 6.07) is 0. The van der Waals surface area contributed by atoms with Crippen molar-refractivity contribution in [2.75, 3.05) is 0 Å². The van der Waals surface area contributed by atoms with Gasteiger partial charge in [-0.3, -0.25) is 4.79 Å². The number of ether oxygens (including phenoxy) is 1. The minimum absolute atomic E-state index is 0.107. The molecule has 88 valence electrons. The molecule has 0 aromatic heterocycles. The first kappa shape index (κ1) is 12.5. The van der Waals surface area contributed by atoms with E-state index in [-0.39, 0.29) is 11.9 Å². The monoisotopic (exact) mass is 214 g/mol. The van der Waals surface area contributed by atoms with Gasteiger partial charge in [-0.05, 0) is 25.2 Å². The van der Waals surface area contributed by atoms with Crippen LogP contribution in [-0.2, 0) is 9.53 Å². The summed E-state index contributed by atoms with van der Waals surface area (Å²) in [5.74, 6) is -0.951. The summed E-state index contributed by atoms with van der Waals surface area (Å²) in [6.07, 6.45) is 4.54. The number of hydrogen-bond donors (Lipinski definition) is 1. The minimum Gasteiger partial charge on any atom is -0.433 e. The quantitative estimate of drug-likeness (QED) is 0.580. The van der Waals surface area contributed by atoms with Gasteiger partial charge in [0.05, 0.1) is 0 Å². The molecule has 2 atom stereocenters. The van der Waals surface area contributed by atoms with Gasteiger partial charge in [0.2, 0.25) is 5.79 Å². The number of hydrogen-bond acceptors (Lipinski definition) is 3. The summed E-state index contributed by atoms with van der Waals surface area (Å²) >= 11 is 0. The lowest BCUT2D eigenvalue weighted by atomic mass is 9.78. The van der Waals surface area contributed by atoms with Gasteiger partial charge in [-0.1, -0.05) is 20.3 Å². The van der Waals surface area contributed by atoms with E-state index < -0.39 is 5.79 Å². The van der Waals surface area contributed by atoms with Crippen LogP contribution in [0.2, 0.25) is 0 Å². The molecule has 0 bridgehead atoms. The molecule has 0 amide bonds. The van der Waals surface area contributed by atoms with Crippen LogP contribution >= 0.6 is 0 Å². The standard InChI is InChI=1S/C12H22O3/c1-9(2)8-11-6-4-5-7-12(11,14)15-10(3)13/h9,11,14H,4-8H2,1-3H3. The number of carbonyl (C=O) groups excluding carboxylic acids is 1. The molecule has 0 spiro atoms. The van der Waals surface area contributed by atoms with Crippen molar-refractivity contribution in [2.24, 2.45) is 11.8 Å². The second-order valence-electron chi connectivity index (χ2n) is 5.01. The van der Waals surface area contributed by atoms with Crippen molar-refractivity contribution in [3.05, 3.63) is 0 Å². The average molecular weight is 214 g/mol. The first-order valence-electron chi connectivity index (χ1n) is 5.86. The van der Waals surface area contributed by atoms with Crippen LogP contribution in [0.5, 0.6) is 0 Å². The van der Waals surface area contributed by atoms with E-state index in [1.807, 2.05) is 0 Å². The molecule has 0 aromatic carbocycles. The first-order chi connectivity index (χ1) is 6.94. The van der Waals surface area contributed by atoms with Gasteiger partial charge in [0.1, 0.15) is 0 Å². The second-order valence-corrected chi connectivity index (χ2v) is 5.01. The maximum absolute atomic E-state index is 11.0. The molecule has 1 rings (SSSR count). The SMILES string of the molecule is CC(=O)OC1(O)CCCCC1CC(C)C. The second kappa shape index (κ2) is 4.97. The van der Waals surface area contributed by atoms with Crippen molar-refractivity contribution in [2.45, 2.75) is 58.7 Å². The molecule has 0 aromatic rings. The molecule has 0 heterocycles. The molecule has 0 saturated heterocycles. The number of aliphatic hydroxyl groups is 1. The zero-order valence-corrected chi connectivity index (χ0v) is 9.95. The molecule has 3 heteroatoms. The van der Waals surface area contributed by atoms with E-state index in [9.17, 15) is 9.90 Å². The van der Waals surface area contributed by atoms with Crippen molar-refractivity contribution in [1.29, 1.82) is 0 Å². The van der Waals surface area contributed by atoms with E-state index in [0.717, 1.165) is 25.7 Å². The summed E-state index contributed by atoms with van der Waals surface area (Å²) < 4.78 is 5.11. The van der Waals surface area contributed by atoms with Crippen LogP contribution in [0.25, 0.3) is 0 Å². The van der Waals surface area contributed by atoms with Gasteiger partial charge in [0.25, 0.3) is 0 Å². The Balaban J connectivity index is 2.66. The number of carbonyl (C=O) groups is 1. The van der Waals surface area contributed by atoms with E-state index in [2.05, 4.69) is 13.8 Å². The minimum atomic E-state index is -1.20. The fourth-order valence-electron chi connectivity index (χ4n) is 2.45. The van der Waals surface area contributed by atoms with Crippen LogP contribution < -0.4 is 0 Å². The predicted molar refractivity (Wildman–Crippen MR) is 58.1 cm³/mol. The van der Waals surface area contributed by atoms with Crippen molar-refractivity contribution in [1.82, 2.24) is 0 Å². The van der Waals surface area contributed by atoms with Crippen molar-refractivity contribution in [3.63, 3.8) is 0 Å². The normalized spacial score (nSPS) is 31.7. The van der Waals surface area contributed by atoms with Crippen LogP contribution in [-0.4, -0.2) is 16.9 Å². The van der Waals surface area contributed by atoms with Crippen LogP contribution in [0.4, 0.5) is 0 Å². The van der Waals surface area contributed by atoms with Crippen LogP contribution in [0.15, 0.2) is 0 Å². The van der Waals surface area contributed by atoms with Gasteiger partial charge in [0.15, 0.2) is 0 Å². The predicted octanol–water partition coefficient (Wildman–Crippen LogP) is 2.47. The van der Waals surface area contributed by atoms with Crippen LogP contribution in [0.1, 0.15) is 52.9 Å². The zero-order valence-electron chi connectivity index (χ0n) is 9.95. The van der Waals surface area contributed by atoms with Crippen molar-refractivity contribution >= 4 is 5.97 Å². The highest BCUT2D eigenvalue weighted by Gasteiger charge is 2.41. The lowest BCUT2D eigenvalue weighted by Gasteiger charge is -2.39. The van der Waals surface area contributed by atoms with Crippen molar-refractivity contribution in [3.8, 4) is 0 Å². The molecule has 0 radical (unpaired) electrons. The van der Waals surface area contributed by atoms with Gasteiger partial charge < -0.3 is 9.84 Å². The molecule has 15 heavy (non-hydrogen) atoms. The maximum Gasteiger partial charge on any atom is 0.305 e. The highest BCUT2D eigenvalue weighted by molar-refractivity contribution is 5.66. The summed E-state index contributed by atoms with van der Waals surface area (Å²) in [4.78, 5) is 11.0. The summed E-state index contributed by atoms with van der Waals surface area (Å²) in [5, 5.41) is 10.3. The van der Waals surface area contributed by atoms with Gasteiger partial charge in [-0.15, -0.1) is 0 Å². The smallest absolute Gasteiger partial charge is 0.305 e. The third-order valence-electron chi connectivity index (χ3n) is 3.05. The third-order valence-corrected chi connectivity index (χ3v) is 3.05. The molecule has 1 N–H and O–H groups in total. The molecule has 1 saturated carbocycles. The molecule has 1 fully saturated rings. The molecule has 0 aliphatic heterocycles. The Kier molecular flexibility index (Phi) is 4.14. The Bertz CT molecular complexity index is 225. The largest absolute Gasteiger partial charge is 0.433 e. The first-order valence-corrected chi connectivity index (χ1v) is 5.86. The molecule has 3 nitrogen and oxygen atoms in total. The van der Waals surface area contributed by atoms with Crippen LogP contribution in [0, 0.1) is 11.8 Å². The molecular formula is C12H22O3. The Hall–Kier alpha value is -0.570. The van der Waals surface area contributed by atoms with Crippen LogP contribution in [0.3, 0.4) is 0 Å². The Labute approximate surface area is 91.8 Å². The summed E-state index contributed by atoms with van der Waals surface area (Å²) in [7, 11) is 0. The lowest BCUT2D eigenvalue weighted by Crippen LogP contribution is -2.45. The third kappa shape index (κ3) is 3.49. The van der Waals surface area contributed by atoms with Crippen molar-refractivity contribution < 1.29 is 14.6 Å². The maximum atomic E-state index is 11.0. The summed E-state index contributed by atoms with van der Waals surface area (Å²) in [6.45, 7) is 5.62. The van der Waals surface area contributed by atoms with E-state index in [0.29, 0.717) is 12.3 Å². The fraction of sp³-hybridized carbons (Fsp3) is 0.917. The summed E-state index contributed by atoms with van der Waals surface area (Å²) in [5.41, 5.74) is 0. The van der Waals surface area contributed by atoms with E-state index in [4.69, 9.17) is 4.74 Å². The highest BCUT2D eigenvalue weighted by Crippen LogP contribution is 2.38. The Morgan fingerprint density at radius 3 is 2.73 bits per heavy atom. The Morgan fingerprint density at radius 1 is 1.53 bits per heavy atom. The van der Waals surface area contributed by atoms with Gasteiger partial charge in [-0.2, -0.15) is 0 Å². The Morgan fingerprint density at radius 2 is 2.20 bits per heavy atom. The topological polar surface area (TPSA) is 46.5 Å². The molecule has 1 aliphatic rings. The molecular weight excluding hydrogens is 192 g/mol. The molecule has 1 aliphatic carbocycles. The number of rotatable bonds is 3. The lowest BCUT2D eigenvalue weighted by molar-refractivity contribution is -0.243. The average Bonchev–Trinajstić information content (AvgIpc) is 2.07. The van der Waals surface area contributed by atoms with E-state index in [1.165, 1.54) is 6.92 Å². The number of esters is 1. The van der Waals surface area contributed by atoms with E-state index in [1.54, 1.807) is 0 Å². The molecule has 2 unspecified atom stereocenters. The fourth-order valence-corrected chi connectivity index (χ4v) is 2.45. The zero-order chi connectivity index (χ0) is 11.5. The van der Waals surface area contributed by atoms with Gasteiger partial charge in [-0.25, -0.2) is 0 Å². The van der Waals surface area contributed by atoms with Gasteiger partial charge in [0, 0.05) is 19.3 Å². The van der Waals surface area contributed by atoms with E-state index >= 15 is 0 Å². The highest BCUT2D eigenvalue weighted by atomic mass is 16.7. The van der Waals surface area contributed by atoms with Gasteiger partial charge >= 0.3 is 5.97 Å².